The van der Waals surface area contributed by atoms with Crippen molar-refractivity contribution in [2.24, 2.45) is 5.92 Å². The van der Waals surface area contributed by atoms with Gasteiger partial charge in [0.05, 0.1) is 20.1 Å². The zero-order valence-corrected chi connectivity index (χ0v) is 17.3. The Morgan fingerprint density at radius 1 is 1.17 bits per heavy atom. The molecule has 0 atom stereocenters. The number of rotatable bonds is 10. The highest BCUT2D eigenvalue weighted by atomic mass is 16.5. The minimum Gasteiger partial charge on any atom is -0.493 e. The number of ether oxygens (including phenoxy) is 3. The molecule has 0 spiro atoms. The third-order valence-electron chi connectivity index (χ3n) is 5.53. The standard InChI is InChI=1S/C22H32N2O5/c1-27-20-6-5-18(15-21(20)29-12-4-11-24-9-2-3-10-24)23-22(26)16-19(25)17-7-13-28-14-8-17/h5-6,15,17H,2-4,7-14,16H2,1H3,(H,23,26). The molecule has 2 aliphatic rings. The molecule has 3 rings (SSSR count). The van der Waals surface area contributed by atoms with Gasteiger partial charge in [-0.15, -0.1) is 0 Å². The van der Waals surface area contributed by atoms with Crippen LogP contribution in [0.2, 0.25) is 0 Å². The lowest BCUT2D eigenvalue weighted by Crippen LogP contribution is -2.27. The van der Waals surface area contributed by atoms with E-state index in [0.29, 0.717) is 49.8 Å². The normalized spacial score (nSPS) is 17.8. The van der Waals surface area contributed by atoms with Gasteiger partial charge in [-0.1, -0.05) is 0 Å². The Balaban J connectivity index is 1.48. The van der Waals surface area contributed by atoms with E-state index in [1.165, 1.54) is 25.9 Å². The van der Waals surface area contributed by atoms with Gasteiger partial charge in [0.2, 0.25) is 5.91 Å². The van der Waals surface area contributed by atoms with E-state index in [1.807, 2.05) is 0 Å². The number of Topliss-reactive ketones (excluding diaryl/α,β-unsaturated/α-hetero) is 1. The molecular formula is C22H32N2O5. The maximum atomic E-state index is 12.3. The van der Waals surface area contributed by atoms with Gasteiger partial charge in [0.15, 0.2) is 11.5 Å². The number of methoxy groups -OCH3 is 1. The molecular weight excluding hydrogens is 372 g/mol. The van der Waals surface area contributed by atoms with E-state index in [2.05, 4.69) is 10.2 Å². The number of nitrogens with zero attached hydrogens (tertiary/aromatic N) is 1. The Labute approximate surface area is 172 Å². The predicted molar refractivity (Wildman–Crippen MR) is 111 cm³/mol. The van der Waals surface area contributed by atoms with Crippen LogP contribution in [0.3, 0.4) is 0 Å². The van der Waals surface area contributed by atoms with Crippen molar-refractivity contribution < 1.29 is 23.8 Å². The SMILES string of the molecule is COc1ccc(NC(=O)CC(=O)C2CCOCC2)cc1OCCCN1CCCC1. The van der Waals surface area contributed by atoms with Gasteiger partial charge in [-0.3, -0.25) is 9.59 Å². The summed E-state index contributed by atoms with van der Waals surface area (Å²) in [7, 11) is 1.59. The molecule has 0 aromatic heterocycles. The van der Waals surface area contributed by atoms with Crippen molar-refractivity contribution in [3.63, 3.8) is 0 Å². The third-order valence-corrected chi connectivity index (χ3v) is 5.53. The maximum Gasteiger partial charge on any atom is 0.231 e. The van der Waals surface area contributed by atoms with Crippen LogP contribution in [-0.2, 0) is 14.3 Å². The summed E-state index contributed by atoms with van der Waals surface area (Å²) in [6.07, 6.45) is 4.80. The number of hydrogen-bond acceptors (Lipinski definition) is 6. The number of benzene rings is 1. The molecule has 2 fully saturated rings. The largest absolute Gasteiger partial charge is 0.493 e. The van der Waals surface area contributed by atoms with Crippen molar-refractivity contribution in [3.8, 4) is 11.5 Å². The molecule has 7 nitrogen and oxygen atoms in total. The predicted octanol–water partition coefficient (Wildman–Crippen LogP) is 2.88. The average molecular weight is 405 g/mol. The summed E-state index contributed by atoms with van der Waals surface area (Å²) in [6.45, 7) is 5.17. The molecule has 0 aliphatic carbocycles. The number of nitrogens with one attached hydrogen (secondary N) is 1. The van der Waals surface area contributed by atoms with Gasteiger partial charge in [0.25, 0.3) is 0 Å². The van der Waals surface area contributed by atoms with Crippen molar-refractivity contribution in [1.29, 1.82) is 0 Å². The molecule has 0 unspecified atom stereocenters. The van der Waals surface area contributed by atoms with E-state index in [4.69, 9.17) is 14.2 Å². The van der Waals surface area contributed by atoms with Crippen LogP contribution in [0.5, 0.6) is 11.5 Å². The molecule has 2 saturated heterocycles. The second-order valence-corrected chi connectivity index (χ2v) is 7.69. The Kier molecular flexibility index (Phi) is 8.31. The Hall–Kier alpha value is -2.12. The summed E-state index contributed by atoms with van der Waals surface area (Å²) in [5.74, 6) is 0.842. The van der Waals surface area contributed by atoms with Crippen molar-refractivity contribution in [1.82, 2.24) is 4.90 Å². The van der Waals surface area contributed by atoms with E-state index >= 15 is 0 Å². The van der Waals surface area contributed by atoms with Gasteiger partial charge >= 0.3 is 0 Å². The number of carbonyl (C=O) groups excluding carboxylic acids is 2. The summed E-state index contributed by atoms with van der Waals surface area (Å²) in [4.78, 5) is 27.0. The van der Waals surface area contributed by atoms with E-state index < -0.39 is 0 Å². The van der Waals surface area contributed by atoms with Gasteiger partial charge in [-0.25, -0.2) is 0 Å². The molecule has 7 heteroatoms. The highest BCUT2D eigenvalue weighted by Crippen LogP contribution is 2.30. The lowest BCUT2D eigenvalue weighted by atomic mass is 9.93. The highest BCUT2D eigenvalue weighted by molar-refractivity contribution is 6.05. The van der Waals surface area contributed by atoms with E-state index in [1.54, 1.807) is 25.3 Å². The fourth-order valence-corrected chi connectivity index (χ4v) is 3.87. The number of amides is 1. The molecule has 1 N–H and O–H groups in total. The van der Waals surface area contributed by atoms with Crippen LogP contribution in [0.25, 0.3) is 0 Å². The molecule has 160 valence electrons. The zero-order valence-electron chi connectivity index (χ0n) is 17.3. The first-order valence-corrected chi connectivity index (χ1v) is 10.6. The summed E-state index contributed by atoms with van der Waals surface area (Å²) < 4.78 is 16.5. The quantitative estimate of drug-likeness (QED) is 0.477. The number of likely N-dealkylation sites (tertiary alicyclic amines) is 1. The van der Waals surface area contributed by atoms with Crippen LogP contribution in [0.4, 0.5) is 5.69 Å². The molecule has 0 radical (unpaired) electrons. The van der Waals surface area contributed by atoms with Crippen LogP contribution >= 0.6 is 0 Å². The molecule has 2 aliphatic heterocycles. The van der Waals surface area contributed by atoms with Gasteiger partial charge in [0.1, 0.15) is 5.78 Å². The van der Waals surface area contributed by atoms with Gasteiger partial charge in [-0.05, 0) is 57.3 Å². The maximum absolute atomic E-state index is 12.3. The number of ketones is 1. The summed E-state index contributed by atoms with van der Waals surface area (Å²) in [5.41, 5.74) is 0.602. The van der Waals surface area contributed by atoms with Crippen molar-refractivity contribution in [2.45, 2.75) is 38.5 Å². The van der Waals surface area contributed by atoms with Crippen molar-refractivity contribution in [2.75, 3.05) is 51.9 Å². The topological polar surface area (TPSA) is 77.1 Å². The van der Waals surface area contributed by atoms with Gasteiger partial charge in [-0.2, -0.15) is 0 Å². The number of hydrogen-bond donors (Lipinski definition) is 1. The Bertz CT molecular complexity index is 682. The molecule has 1 aromatic carbocycles. The van der Waals surface area contributed by atoms with Crippen LogP contribution in [0.1, 0.15) is 38.5 Å². The highest BCUT2D eigenvalue weighted by Gasteiger charge is 2.23. The van der Waals surface area contributed by atoms with Gasteiger partial charge < -0.3 is 24.4 Å². The van der Waals surface area contributed by atoms with Gasteiger partial charge in [0, 0.05) is 37.4 Å². The minimum absolute atomic E-state index is 0.0160. The first kappa shape index (κ1) is 21.6. The van der Waals surface area contributed by atoms with E-state index in [0.717, 1.165) is 13.0 Å². The van der Waals surface area contributed by atoms with Crippen molar-refractivity contribution in [3.05, 3.63) is 18.2 Å². The van der Waals surface area contributed by atoms with Crippen LogP contribution < -0.4 is 14.8 Å². The molecule has 1 amide bonds. The Morgan fingerprint density at radius 3 is 2.66 bits per heavy atom. The molecule has 0 bridgehead atoms. The second-order valence-electron chi connectivity index (χ2n) is 7.69. The monoisotopic (exact) mass is 404 g/mol. The molecule has 29 heavy (non-hydrogen) atoms. The average Bonchev–Trinajstić information content (AvgIpc) is 3.25. The lowest BCUT2D eigenvalue weighted by molar-refractivity contribution is -0.130. The summed E-state index contributed by atoms with van der Waals surface area (Å²) in [6, 6.07) is 5.28. The minimum atomic E-state index is -0.299. The summed E-state index contributed by atoms with van der Waals surface area (Å²) >= 11 is 0. The van der Waals surface area contributed by atoms with Crippen LogP contribution in [0.15, 0.2) is 18.2 Å². The number of anilines is 1. The second kappa shape index (κ2) is 11.2. The first-order valence-electron chi connectivity index (χ1n) is 10.6. The Morgan fingerprint density at radius 2 is 1.93 bits per heavy atom. The van der Waals surface area contributed by atoms with Crippen molar-refractivity contribution >= 4 is 17.4 Å². The lowest BCUT2D eigenvalue weighted by Gasteiger charge is -2.20. The fraction of sp³-hybridized carbons (Fsp3) is 0.636. The smallest absolute Gasteiger partial charge is 0.231 e. The molecule has 1 aromatic rings. The number of carbonyl (C=O) groups is 2. The first-order chi connectivity index (χ1) is 14.2. The zero-order chi connectivity index (χ0) is 20.5. The molecule has 2 heterocycles. The van der Waals surface area contributed by atoms with E-state index in [-0.39, 0.29) is 24.0 Å². The van der Waals surface area contributed by atoms with Crippen LogP contribution in [-0.4, -0.2) is 63.2 Å². The van der Waals surface area contributed by atoms with E-state index in [9.17, 15) is 9.59 Å². The molecule has 0 saturated carbocycles. The fourth-order valence-electron chi connectivity index (χ4n) is 3.87. The van der Waals surface area contributed by atoms with Crippen LogP contribution in [0, 0.1) is 5.92 Å². The third kappa shape index (κ3) is 6.72. The summed E-state index contributed by atoms with van der Waals surface area (Å²) in [5, 5.41) is 2.80.